The molecule has 0 rings (SSSR count). The molecule has 14 heavy (non-hydrogen) atoms. The van der Waals surface area contributed by atoms with Crippen LogP contribution >= 0.6 is 0 Å². The van der Waals surface area contributed by atoms with E-state index < -0.39 is 11.7 Å². The van der Waals surface area contributed by atoms with Gasteiger partial charge in [-0.15, -0.1) is 0 Å². The molecule has 0 radical (unpaired) electrons. The summed E-state index contributed by atoms with van der Waals surface area (Å²) in [7, 11) is 0. The lowest BCUT2D eigenvalue weighted by Crippen LogP contribution is -2.35. The van der Waals surface area contributed by atoms with Gasteiger partial charge in [0.1, 0.15) is 5.60 Å². The van der Waals surface area contributed by atoms with Crippen molar-refractivity contribution in [2.45, 2.75) is 39.3 Å². The summed E-state index contributed by atoms with van der Waals surface area (Å²) in [6.07, 6.45) is -0.502. The van der Waals surface area contributed by atoms with E-state index in [2.05, 4.69) is 15.3 Å². The van der Waals surface area contributed by atoms with Crippen LogP contribution in [0.5, 0.6) is 0 Å². The minimum absolute atomic E-state index is 0.271. The van der Waals surface area contributed by atoms with Gasteiger partial charge in [-0.25, -0.2) is 4.79 Å². The van der Waals surface area contributed by atoms with E-state index in [0.717, 1.165) is 0 Å². The predicted molar refractivity (Wildman–Crippen MR) is 52.8 cm³/mol. The molecule has 80 valence electrons. The van der Waals surface area contributed by atoms with E-state index in [1.807, 2.05) is 0 Å². The van der Waals surface area contributed by atoms with Crippen LogP contribution < -0.4 is 5.32 Å². The standard InChI is InChI=1S/C8H16N4O2/c1-6(11-12-9)5-10-7(13)14-8(2,3)4/h6H,5H2,1-4H3,(H,10,13)/t6-/m1/s1. The Morgan fingerprint density at radius 1 is 1.64 bits per heavy atom. The molecule has 0 aromatic heterocycles. The number of amides is 1. The van der Waals surface area contributed by atoms with Crippen molar-refractivity contribution in [3.63, 3.8) is 0 Å². The zero-order valence-electron chi connectivity index (χ0n) is 8.94. The van der Waals surface area contributed by atoms with Crippen LogP contribution in [-0.4, -0.2) is 24.3 Å². The summed E-state index contributed by atoms with van der Waals surface area (Å²) in [5, 5.41) is 5.90. The summed E-state index contributed by atoms with van der Waals surface area (Å²) in [5.74, 6) is 0. The molecule has 0 unspecified atom stereocenters. The first-order chi connectivity index (χ1) is 6.35. The molecule has 0 aliphatic rings. The first-order valence-electron chi connectivity index (χ1n) is 4.36. The van der Waals surface area contributed by atoms with Crippen molar-refractivity contribution in [1.29, 1.82) is 0 Å². The Balaban J connectivity index is 3.80. The average Bonchev–Trinajstić information content (AvgIpc) is 1.98. The maximum Gasteiger partial charge on any atom is 0.407 e. The first kappa shape index (κ1) is 12.6. The van der Waals surface area contributed by atoms with Crippen molar-refractivity contribution < 1.29 is 9.53 Å². The van der Waals surface area contributed by atoms with E-state index in [4.69, 9.17) is 10.3 Å². The summed E-state index contributed by atoms with van der Waals surface area (Å²) in [6.45, 7) is 7.33. The summed E-state index contributed by atoms with van der Waals surface area (Å²) in [6, 6.07) is -0.271. The van der Waals surface area contributed by atoms with Gasteiger partial charge in [-0.05, 0) is 26.3 Å². The minimum atomic E-state index is -0.508. The van der Waals surface area contributed by atoms with Gasteiger partial charge in [-0.1, -0.05) is 12.0 Å². The van der Waals surface area contributed by atoms with Gasteiger partial charge in [-0.2, -0.15) is 0 Å². The fraction of sp³-hybridized carbons (Fsp3) is 0.875. The Morgan fingerprint density at radius 2 is 2.21 bits per heavy atom. The molecule has 0 aromatic rings. The van der Waals surface area contributed by atoms with Gasteiger partial charge in [0.15, 0.2) is 0 Å². The Morgan fingerprint density at radius 3 is 2.64 bits per heavy atom. The number of hydrogen-bond acceptors (Lipinski definition) is 3. The number of carbonyl (C=O) groups is 1. The summed E-state index contributed by atoms with van der Waals surface area (Å²) < 4.78 is 4.98. The normalized spacial score (nSPS) is 12.6. The number of azide groups is 1. The zero-order chi connectivity index (χ0) is 11.2. The Bertz CT molecular complexity index is 240. The predicted octanol–water partition coefficient (Wildman–Crippen LogP) is 2.21. The molecule has 0 heterocycles. The van der Waals surface area contributed by atoms with Gasteiger partial charge in [-0.3, -0.25) is 0 Å². The second kappa shape index (κ2) is 5.34. The van der Waals surface area contributed by atoms with E-state index in [-0.39, 0.29) is 12.6 Å². The Kier molecular flexibility index (Phi) is 4.80. The molecule has 1 N–H and O–H groups in total. The average molecular weight is 200 g/mol. The largest absolute Gasteiger partial charge is 0.444 e. The highest BCUT2D eigenvalue weighted by Gasteiger charge is 2.15. The number of rotatable bonds is 3. The number of carbonyl (C=O) groups excluding carboxylic acids is 1. The molecular weight excluding hydrogens is 184 g/mol. The van der Waals surface area contributed by atoms with Crippen molar-refractivity contribution in [2.24, 2.45) is 5.11 Å². The van der Waals surface area contributed by atoms with Crippen LogP contribution in [0.15, 0.2) is 5.11 Å². The fourth-order valence-electron chi connectivity index (χ4n) is 0.674. The zero-order valence-corrected chi connectivity index (χ0v) is 8.94. The number of nitrogens with one attached hydrogen (secondary N) is 1. The monoisotopic (exact) mass is 200 g/mol. The maximum absolute atomic E-state index is 11.1. The highest BCUT2D eigenvalue weighted by atomic mass is 16.6. The van der Waals surface area contributed by atoms with E-state index >= 15 is 0 Å². The highest BCUT2D eigenvalue weighted by Crippen LogP contribution is 2.06. The van der Waals surface area contributed by atoms with Crippen LogP contribution in [0.1, 0.15) is 27.7 Å². The molecule has 0 fully saturated rings. The molecule has 0 aliphatic heterocycles. The number of nitrogens with zero attached hydrogens (tertiary/aromatic N) is 3. The Hall–Kier alpha value is -1.42. The van der Waals surface area contributed by atoms with Crippen molar-refractivity contribution in [3.05, 3.63) is 10.4 Å². The molecule has 6 nitrogen and oxygen atoms in total. The first-order valence-corrected chi connectivity index (χ1v) is 4.36. The molecule has 0 saturated carbocycles. The molecule has 1 atom stereocenters. The topological polar surface area (TPSA) is 87.1 Å². The van der Waals surface area contributed by atoms with Crippen molar-refractivity contribution in [1.82, 2.24) is 5.32 Å². The van der Waals surface area contributed by atoms with E-state index in [1.54, 1.807) is 27.7 Å². The van der Waals surface area contributed by atoms with Crippen LogP contribution in [0.2, 0.25) is 0 Å². The summed E-state index contributed by atoms with van der Waals surface area (Å²) >= 11 is 0. The van der Waals surface area contributed by atoms with Gasteiger partial charge in [0.25, 0.3) is 0 Å². The van der Waals surface area contributed by atoms with Gasteiger partial charge < -0.3 is 10.1 Å². The lowest BCUT2D eigenvalue weighted by atomic mass is 10.2. The smallest absolute Gasteiger partial charge is 0.407 e. The van der Waals surface area contributed by atoms with E-state index in [0.29, 0.717) is 0 Å². The minimum Gasteiger partial charge on any atom is -0.444 e. The van der Waals surface area contributed by atoms with E-state index in [1.165, 1.54) is 0 Å². The quantitative estimate of drug-likeness (QED) is 0.430. The molecule has 0 saturated heterocycles. The molecule has 0 aromatic carbocycles. The molecule has 0 aliphatic carbocycles. The molecule has 0 bridgehead atoms. The van der Waals surface area contributed by atoms with Crippen molar-refractivity contribution >= 4 is 6.09 Å². The number of ether oxygens (including phenoxy) is 1. The second-order valence-electron chi connectivity index (χ2n) is 3.94. The van der Waals surface area contributed by atoms with Gasteiger partial charge in [0.2, 0.25) is 0 Å². The number of hydrogen-bond donors (Lipinski definition) is 1. The molecular formula is C8H16N4O2. The number of alkyl carbamates (subject to hydrolysis) is 1. The lowest BCUT2D eigenvalue weighted by molar-refractivity contribution is 0.0525. The van der Waals surface area contributed by atoms with E-state index in [9.17, 15) is 4.79 Å². The molecule has 0 spiro atoms. The Labute approximate surface area is 83.3 Å². The van der Waals surface area contributed by atoms with Crippen molar-refractivity contribution in [3.8, 4) is 0 Å². The summed E-state index contributed by atoms with van der Waals surface area (Å²) in [5.41, 5.74) is 7.59. The second-order valence-corrected chi connectivity index (χ2v) is 3.94. The third-order valence-corrected chi connectivity index (χ3v) is 1.19. The molecule has 6 heteroatoms. The fourth-order valence-corrected chi connectivity index (χ4v) is 0.674. The van der Waals surface area contributed by atoms with Gasteiger partial charge >= 0.3 is 6.09 Å². The lowest BCUT2D eigenvalue weighted by Gasteiger charge is -2.20. The summed E-state index contributed by atoms with van der Waals surface area (Å²) in [4.78, 5) is 13.7. The van der Waals surface area contributed by atoms with Crippen LogP contribution in [0.25, 0.3) is 10.4 Å². The van der Waals surface area contributed by atoms with Crippen LogP contribution in [0, 0.1) is 0 Å². The molecule has 1 amide bonds. The van der Waals surface area contributed by atoms with Gasteiger partial charge in [0.05, 0.1) is 6.04 Å². The van der Waals surface area contributed by atoms with Gasteiger partial charge in [0, 0.05) is 11.5 Å². The van der Waals surface area contributed by atoms with Crippen LogP contribution in [0.4, 0.5) is 4.79 Å². The van der Waals surface area contributed by atoms with Crippen molar-refractivity contribution in [2.75, 3.05) is 6.54 Å². The van der Waals surface area contributed by atoms with Crippen LogP contribution in [-0.2, 0) is 4.74 Å². The maximum atomic E-state index is 11.1. The third kappa shape index (κ3) is 7.24. The highest BCUT2D eigenvalue weighted by molar-refractivity contribution is 5.67. The van der Waals surface area contributed by atoms with Crippen LogP contribution in [0.3, 0.4) is 0 Å². The third-order valence-electron chi connectivity index (χ3n) is 1.19. The SMILES string of the molecule is C[C@H](CNC(=O)OC(C)(C)C)N=[N+]=[N-].